The monoisotopic (exact) mass is 274 g/mol. The van der Waals surface area contributed by atoms with Crippen LogP contribution in [0, 0.1) is 0 Å². The van der Waals surface area contributed by atoms with Gasteiger partial charge in [0.15, 0.2) is 0 Å². The fourth-order valence-electron chi connectivity index (χ4n) is 2.15. The van der Waals surface area contributed by atoms with Gasteiger partial charge in [0.1, 0.15) is 10.3 Å². The van der Waals surface area contributed by atoms with Crippen LogP contribution in [0.2, 0.25) is 10.3 Å². The van der Waals surface area contributed by atoms with E-state index in [-0.39, 0.29) is 16.1 Å². The molecule has 1 heterocycles. The van der Waals surface area contributed by atoms with Crippen LogP contribution in [0.4, 0.5) is 0 Å². The van der Waals surface area contributed by atoms with Crippen molar-refractivity contribution in [1.82, 2.24) is 9.97 Å². The minimum absolute atomic E-state index is 0.0933. The SMILES string of the molecule is COC(=O)c1nc(Cl)c(C2CCCC2)c(Cl)n1. The molecule has 0 amide bonds. The van der Waals surface area contributed by atoms with E-state index in [1.807, 2.05) is 0 Å². The molecule has 0 N–H and O–H groups in total. The molecular formula is C11H12Cl2N2O2. The van der Waals surface area contributed by atoms with Crippen molar-refractivity contribution in [2.24, 2.45) is 0 Å². The van der Waals surface area contributed by atoms with Crippen molar-refractivity contribution >= 4 is 29.2 Å². The molecule has 6 heteroatoms. The average Bonchev–Trinajstić information content (AvgIpc) is 2.80. The second kappa shape index (κ2) is 5.19. The molecule has 0 unspecified atom stereocenters. The second-order valence-corrected chi connectivity index (χ2v) is 4.73. The Morgan fingerprint density at radius 2 is 1.76 bits per heavy atom. The number of carbonyl (C=O) groups excluding carboxylic acids is 1. The summed E-state index contributed by atoms with van der Waals surface area (Å²) in [4.78, 5) is 19.2. The molecule has 1 aromatic rings. The number of aromatic nitrogens is 2. The zero-order chi connectivity index (χ0) is 12.4. The number of esters is 1. The highest BCUT2D eigenvalue weighted by atomic mass is 35.5. The Hall–Kier alpha value is -0.870. The van der Waals surface area contributed by atoms with Crippen LogP contribution in [-0.2, 0) is 4.74 Å². The Bertz CT molecular complexity index is 422. The summed E-state index contributed by atoms with van der Waals surface area (Å²) in [6.07, 6.45) is 4.41. The van der Waals surface area contributed by atoms with Crippen molar-refractivity contribution in [3.63, 3.8) is 0 Å². The van der Waals surface area contributed by atoms with Gasteiger partial charge in [-0.2, -0.15) is 0 Å². The van der Waals surface area contributed by atoms with Crippen LogP contribution >= 0.6 is 23.2 Å². The van der Waals surface area contributed by atoms with Gasteiger partial charge in [-0.1, -0.05) is 36.0 Å². The predicted molar refractivity (Wildman–Crippen MR) is 64.6 cm³/mol. The van der Waals surface area contributed by atoms with Crippen LogP contribution in [0.25, 0.3) is 0 Å². The molecule has 0 spiro atoms. The normalized spacial score (nSPS) is 16.2. The van der Waals surface area contributed by atoms with E-state index in [1.54, 1.807) is 0 Å². The van der Waals surface area contributed by atoms with Gasteiger partial charge in [-0.15, -0.1) is 0 Å². The molecule has 4 nitrogen and oxygen atoms in total. The van der Waals surface area contributed by atoms with E-state index in [4.69, 9.17) is 23.2 Å². The zero-order valence-electron chi connectivity index (χ0n) is 9.37. The zero-order valence-corrected chi connectivity index (χ0v) is 10.9. The van der Waals surface area contributed by atoms with Gasteiger partial charge < -0.3 is 4.74 Å². The Kier molecular flexibility index (Phi) is 3.84. The lowest BCUT2D eigenvalue weighted by Crippen LogP contribution is -2.10. The molecule has 1 aliphatic rings. The van der Waals surface area contributed by atoms with Crippen LogP contribution < -0.4 is 0 Å². The molecule has 1 aliphatic carbocycles. The second-order valence-electron chi connectivity index (χ2n) is 4.02. The number of ether oxygens (including phenoxy) is 1. The van der Waals surface area contributed by atoms with Gasteiger partial charge in [0.25, 0.3) is 0 Å². The van der Waals surface area contributed by atoms with E-state index in [0.29, 0.717) is 5.92 Å². The van der Waals surface area contributed by atoms with Gasteiger partial charge in [-0.05, 0) is 18.8 Å². The van der Waals surface area contributed by atoms with Crippen molar-refractivity contribution < 1.29 is 9.53 Å². The average molecular weight is 275 g/mol. The van der Waals surface area contributed by atoms with Crippen molar-refractivity contribution in [3.8, 4) is 0 Å². The van der Waals surface area contributed by atoms with Crippen molar-refractivity contribution in [2.45, 2.75) is 31.6 Å². The summed E-state index contributed by atoms with van der Waals surface area (Å²) in [7, 11) is 1.26. The Morgan fingerprint density at radius 1 is 1.24 bits per heavy atom. The summed E-state index contributed by atoms with van der Waals surface area (Å²) >= 11 is 12.1. The molecule has 0 aliphatic heterocycles. The number of rotatable bonds is 2. The highest BCUT2D eigenvalue weighted by molar-refractivity contribution is 6.34. The molecule has 1 aromatic heterocycles. The molecule has 92 valence electrons. The Balaban J connectivity index is 2.38. The number of hydrogen-bond acceptors (Lipinski definition) is 4. The third kappa shape index (κ3) is 2.53. The van der Waals surface area contributed by atoms with Crippen molar-refractivity contribution in [1.29, 1.82) is 0 Å². The topological polar surface area (TPSA) is 52.1 Å². The third-order valence-corrected chi connectivity index (χ3v) is 3.56. The number of methoxy groups -OCH3 is 1. The summed E-state index contributed by atoms with van der Waals surface area (Å²) < 4.78 is 4.53. The summed E-state index contributed by atoms with van der Waals surface area (Å²) in [6, 6.07) is 0. The van der Waals surface area contributed by atoms with Crippen LogP contribution in [0.5, 0.6) is 0 Å². The van der Waals surface area contributed by atoms with E-state index in [9.17, 15) is 4.79 Å². The number of nitrogens with zero attached hydrogens (tertiary/aromatic N) is 2. The molecule has 17 heavy (non-hydrogen) atoms. The standard InChI is InChI=1S/C11H12Cl2N2O2/c1-17-11(16)10-14-8(12)7(9(13)15-10)6-4-2-3-5-6/h6H,2-5H2,1H3. The molecule has 0 saturated heterocycles. The Labute approximate surface area is 109 Å². The summed E-state index contributed by atoms with van der Waals surface area (Å²) in [5.41, 5.74) is 0.762. The molecule has 0 atom stereocenters. The number of hydrogen-bond donors (Lipinski definition) is 0. The fraction of sp³-hybridized carbons (Fsp3) is 0.545. The van der Waals surface area contributed by atoms with Crippen LogP contribution in [0.1, 0.15) is 47.8 Å². The summed E-state index contributed by atoms with van der Waals surface area (Å²) in [5.74, 6) is -0.419. The highest BCUT2D eigenvalue weighted by Crippen LogP contribution is 2.39. The maximum absolute atomic E-state index is 11.3. The molecular weight excluding hydrogens is 263 g/mol. The maximum Gasteiger partial charge on any atom is 0.376 e. The smallest absolute Gasteiger partial charge is 0.376 e. The quantitative estimate of drug-likeness (QED) is 0.614. The molecule has 0 aromatic carbocycles. The van der Waals surface area contributed by atoms with Gasteiger partial charge in [0.2, 0.25) is 5.82 Å². The first-order valence-electron chi connectivity index (χ1n) is 5.44. The lowest BCUT2D eigenvalue weighted by Gasteiger charge is -2.12. The molecule has 1 fully saturated rings. The van der Waals surface area contributed by atoms with Crippen molar-refractivity contribution in [3.05, 3.63) is 21.7 Å². The van der Waals surface area contributed by atoms with Gasteiger partial charge in [0, 0.05) is 5.56 Å². The van der Waals surface area contributed by atoms with Crippen LogP contribution in [-0.4, -0.2) is 23.0 Å². The molecule has 0 radical (unpaired) electrons. The maximum atomic E-state index is 11.3. The summed E-state index contributed by atoms with van der Waals surface area (Å²) in [5, 5.41) is 0.523. The number of halogens is 2. The first kappa shape index (κ1) is 12.6. The third-order valence-electron chi connectivity index (χ3n) is 2.98. The van der Waals surface area contributed by atoms with Crippen LogP contribution in [0.15, 0.2) is 0 Å². The first-order chi connectivity index (χ1) is 8.13. The van der Waals surface area contributed by atoms with E-state index < -0.39 is 5.97 Å². The van der Waals surface area contributed by atoms with Gasteiger partial charge >= 0.3 is 5.97 Å². The lowest BCUT2D eigenvalue weighted by molar-refractivity contribution is 0.0586. The summed E-state index contributed by atoms with van der Waals surface area (Å²) in [6.45, 7) is 0. The largest absolute Gasteiger partial charge is 0.463 e. The van der Waals surface area contributed by atoms with Gasteiger partial charge in [-0.25, -0.2) is 14.8 Å². The predicted octanol–water partition coefficient (Wildman–Crippen LogP) is 3.23. The first-order valence-corrected chi connectivity index (χ1v) is 6.20. The van der Waals surface area contributed by atoms with Crippen LogP contribution in [0.3, 0.4) is 0 Å². The van der Waals surface area contributed by atoms with Gasteiger partial charge in [-0.3, -0.25) is 0 Å². The fourth-order valence-corrected chi connectivity index (χ4v) is 2.85. The highest BCUT2D eigenvalue weighted by Gasteiger charge is 2.25. The van der Waals surface area contributed by atoms with E-state index in [0.717, 1.165) is 31.2 Å². The van der Waals surface area contributed by atoms with Gasteiger partial charge in [0.05, 0.1) is 7.11 Å². The lowest BCUT2D eigenvalue weighted by atomic mass is 10.0. The Morgan fingerprint density at radius 3 is 2.24 bits per heavy atom. The number of carbonyl (C=O) groups is 1. The van der Waals surface area contributed by atoms with E-state index in [1.165, 1.54) is 7.11 Å². The molecule has 0 bridgehead atoms. The van der Waals surface area contributed by atoms with E-state index >= 15 is 0 Å². The minimum atomic E-state index is -0.633. The minimum Gasteiger partial charge on any atom is -0.463 e. The molecule has 1 saturated carbocycles. The molecule has 2 rings (SSSR count). The van der Waals surface area contributed by atoms with E-state index in [2.05, 4.69) is 14.7 Å². The van der Waals surface area contributed by atoms with Crippen molar-refractivity contribution in [2.75, 3.05) is 7.11 Å².